The van der Waals surface area contributed by atoms with Gasteiger partial charge < -0.3 is 4.74 Å². The second-order valence-electron chi connectivity index (χ2n) is 2.22. The molecule has 1 aliphatic rings. The van der Waals surface area contributed by atoms with Crippen LogP contribution >= 0.6 is 11.6 Å². The zero-order valence-corrected chi connectivity index (χ0v) is 5.98. The summed E-state index contributed by atoms with van der Waals surface area (Å²) < 4.78 is 5.20. The van der Waals surface area contributed by atoms with Gasteiger partial charge in [-0.15, -0.1) is 11.6 Å². The van der Waals surface area contributed by atoms with Crippen LogP contribution in [0.5, 0.6) is 0 Å². The fraction of sp³-hybridized carbons (Fsp3) is 1.00. The summed E-state index contributed by atoms with van der Waals surface area (Å²) in [6, 6.07) is 0. The highest BCUT2D eigenvalue weighted by Gasteiger charge is 2.40. The van der Waals surface area contributed by atoms with Crippen LogP contribution in [0.3, 0.4) is 0 Å². The van der Waals surface area contributed by atoms with Crippen LogP contribution in [0.25, 0.3) is 0 Å². The molecule has 1 rings (SSSR count). The van der Waals surface area contributed by atoms with Gasteiger partial charge in [-0.3, -0.25) is 0 Å². The maximum absolute atomic E-state index is 5.72. The van der Waals surface area contributed by atoms with Crippen LogP contribution < -0.4 is 0 Å². The Morgan fingerprint density at radius 3 is 2.50 bits per heavy atom. The summed E-state index contributed by atoms with van der Waals surface area (Å²) in [4.78, 5) is 0. The topological polar surface area (TPSA) is 12.5 Å². The predicted molar refractivity (Wildman–Crippen MR) is 34.3 cm³/mol. The van der Waals surface area contributed by atoms with Gasteiger partial charge >= 0.3 is 0 Å². The van der Waals surface area contributed by atoms with Crippen LogP contribution in [0, 0.1) is 0 Å². The van der Waals surface area contributed by atoms with Gasteiger partial charge in [-0.25, -0.2) is 0 Å². The first kappa shape index (κ1) is 6.37. The molecule has 1 aliphatic heterocycles. The number of halogens is 1. The van der Waals surface area contributed by atoms with Gasteiger partial charge in [-0.05, 0) is 13.3 Å². The van der Waals surface area contributed by atoms with Crippen molar-refractivity contribution in [3.05, 3.63) is 0 Å². The van der Waals surface area contributed by atoms with Gasteiger partial charge in [-0.2, -0.15) is 0 Å². The lowest BCUT2D eigenvalue weighted by atomic mass is 10.2. The first-order valence-corrected chi connectivity index (χ1v) is 3.49. The van der Waals surface area contributed by atoms with E-state index in [-0.39, 0.29) is 5.38 Å². The van der Waals surface area contributed by atoms with Gasteiger partial charge in [0.05, 0.1) is 11.5 Å². The highest BCUT2D eigenvalue weighted by Crippen LogP contribution is 2.30. The molecule has 1 heterocycles. The Morgan fingerprint density at radius 1 is 1.75 bits per heavy atom. The average Bonchev–Trinajstić information content (AvgIpc) is 2.42. The van der Waals surface area contributed by atoms with Crippen LogP contribution in [0.4, 0.5) is 0 Å². The van der Waals surface area contributed by atoms with E-state index < -0.39 is 0 Å². The van der Waals surface area contributed by atoms with Crippen molar-refractivity contribution in [2.75, 3.05) is 0 Å². The van der Waals surface area contributed by atoms with E-state index in [1.54, 1.807) is 0 Å². The molecule has 0 N–H and O–H groups in total. The summed E-state index contributed by atoms with van der Waals surface area (Å²) in [6.07, 6.45) is 1.91. The average molecular weight is 135 g/mol. The molecule has 1 nitrogen and oxygen atoms in total. The molecule has 0 bridgehead atoms. The Bertz CT molecular complexity index is 82.6. The molecule has 0 radical (unpaired) electrons. The van der Waals surface area contributed by atoms with E-state index in [1.807, 2.05) is 6.92 Å². The molecule has 3 atom stereocenters. The maximum Gasteiger partial charge on any atom is 0.100 e. The summed E-state index contributed by atoms with van der Waals surface area (Å²) in [5.74, 6) is 0. The molecule has 1 saturated heterocycles. The van der Waals surface area contributed by atoms with Crippen molar-refractivity contribution < 1.29 is 4.74 Å². The molecule has 0 amide bonds. The normalized spacial score (nSPS) is 39.4. The highest BCUT2D eigenvalue weighted by molar-refractivity contribution is 6.21. The van der Waals surface area contributed by atoms with Crippen molar-refractivity contribution in [3.8, 4) is 0 Å². The molecule has 0 aromatic carbocycles. The van der Waals surface area contributed by atoms with E-state index in [9.17, 15) is 0 Å². The van der Waals surface area contributed by atoms with Crippen LogP contribution in [0.2, 0.25) is 0 Å². The molecule has 2 heteroatoms. The minimum atomic E-state index is 0.194. The summed E-state index contributed by atoms with van der Waals surface area (Å²) >= 11 is 5.72. The highest BCUT2D eigenvalue weighted by atomic mass is 35.5. The van der Waals surface area contributed by atoms with Gasteiger partial charge in [0, 0.05) is 0 Å². The Morgan fingerprint density at radius 2 is 2.38 bits per heavy atom. The minimum Gasteiger partial charge on any atom is -0.368 e. The van der Waals surface area contributed by atoms with Gasteiger partial charge in [0.25, 0.3) is 0 Å². The number of hydrogen-bond donors (Lipinski definition) is 0. The zero-order valence-electron chi connectivity index (χ0n) is 5.23. The number of hydrogen-bond acceptors (Lipinski definition) is 1. The van der Waals surface area contributed by atoms with Gasteiger partial charge in [0.1, 0.15) is 6.10 Å². The molecular formula is C6H11ClO. The first-order chi connectivity index (χ1) is 3.75. The van der Waals surface area contributed by atoms with E-state index in [0.717, 1.165) is 6.42 Å². The molecule has 1 fully saturated rings. The van der Waals surface area contributed by atoms with Gasteiger partial charge in [-0.1, -0.05) is 6.92 Å². The molecule has 0 saturated carbocycles. The Labute approximate surface area is 55.0 Å². The van der Waals surface area contributed by atoms with Crippen molar-refractivity contribution in [2.24, 2.45) is 0 Å². The van der Waals surface area contributed by atoms with E-state index in [0.29, 0.717) is 12.2 Å². The molecule has 48 valence electrons. The van der Waals surface area contributed by atoms with E-state index >= 15 is 0 Å². The Hall–Kier alpha value is 0.250. The molecule has 0 aromatic heterocycles. The molecule has 0 aromatic rings. The second-order valence-corrected chi connectivity index (χ2v) is 2.91. The summed E-state index contributed by atoms with van der Waals surface area (Å²) in [6.45, 7) is 4.09. The van der Waals surface area contributed by atoms with Crippen molar-refractivity contribution >= 4 is 11.6 Å². The molecule has 0 spiro atoms. The lowest BCUT2D eigenvalue weighted by Crippen LogP contribution is -2.03. The third-order valence-corrected chi connectivity index (χ3v) is 1.73. The second kappa shape index (κ2) is 2.24. The van der Waals surface area contributed by atoms with E-state index in [1.165, 1.54) is 0 Å². The summed E-state index contributed by atoms with van der Waals surface area (Å²) in [5.41, 5.74) is 0. The number of rotatable bonds is 2. The van der Waals surface area contributed by atoms with Crippen molar-refractivity contribution in [1.29, 1.82) is 0 Å². The fourth-order valence-corrected chi connectivity index (χ4v) is 1.11. The molecule has 0 aliphatic carbocycles. The van der Waals surface area contributed by atoms with Gasteiger partial charge in [0.2, 0.25) is 0 Å². The SMILES string of the molecule is CCC1OC1C(C)Cl. The largest absolute Gasteiger partial charge is 0.368 e. The van der Waals surface area contributed by atoms with E-state index in [2.05, 4.69) is 6.92 Å². The molecule has 8 heavy (non-hydrogen) atoms. The van der Waals surface area contributed by atoms with Crippen LogP contribution in [-0.4, -0.2) is 17.6 Å². The van der Waals surface area contributed by atoms with Crippen LogP contribution in [0.1, 0.15) is 20.3 Å². The first-order valence-electron chi connectivity index (χ1n) is 3.05. The van der Waals surface area contributed by atoms with Crippen LogP contribution in [-0.2, 0) is 4.74 Å². The van der Waals surface area contributed by atoms with Crippen molar-refractivity contribution in [2.45, 2.75) is 37.9 Å². The van der Waals surface area contributed by atoms with Crippen molar-refractivity contribution in [1.82, 2.24) is 0 Å². The lowest BCUT2D eigenvalue weighted by Gasteiger charge is -1.91. The summed E-state index contributed by atoms with van der Waals surface area (Å²) in [5, 5.41) is 0.194. The maximum atomic E-state index is 5.72. The quantitative estimate of drug-likeness (QED) is 0.415. The number of alkyl halides is 1. The minimum absolute atomic E-state index is 0.194. The molecule has 3 unspecified atom stereocenters. The number of epoxide rings is 1. The predicted octanol–water partition coefficient (Wildman–Crippen LogP) is 1.79. The fourth-order valence-electron chi connectivity index (χ4n) is 0.889. The standard InChI is InChI=1S/C6H11ClO/c1-3-5-6(8-5)4(2)7/h4-6H,3H2,1-2H3. The van der Waals surface area contributed by atoms with E-state index in [4.69, 9.17) is 16.3 Å². The monoisotopic (exact) mass is 134 g/mol. The Kier molecular flexibility index (Phi) is 1.78. The van der Waals surface area contributed by atoms with Gasteiger partial charge in [0.15, 0.2) is 0 Å². The summed E-state index contributed by atoms with van der Waals surface area (Å²) in [7, 11) is 0. The van der Waals surface area contributed by atoms with Crippen LogP contribution in [0.15, 0.2) is 0 Å². The zero-order chi connectivity index (χ0) is 6.15. The Balaban J connectivity index is 2.16. The number of ether oxygens (including phenoxy) is 1. The third kappa shape index (κ3) is 1.15. The molecular weight excluding hydrogens is 124 g/mol. The smallest absolute Gasteiger partial charge is 0.100 e. The third-order valence-electron chi connectivity index (χ3n) is 1.48. The van der Waals surface area contributed by atoms with Crippen molar-refractivity contribution in [3.63, 3.8) is 0 Å². The lowest BCUT2D eigenvalue weighted by molar-refractivity contribution is 0.365.